The quantitative estimate of drug-likeness (QED) is 0.464. The molecule has 2 atom stereocenters. The van der Waals surface area contributed by atoms with Crippen LogP contribution in [-0.2, 0) is 11.2 Å². The first kappa shape index (κ1) is 16.4. The molecule has 1 aliphatic carbocycles. The van der Waals surface area contributed by atoms with Gasteiger partial charge in [0.25, 0.3) is 0 Å². The van der Waals surface area contributed by atoms with Crippen LogP contribution in [0.25, 0.3) is 0 Å². The van der Waals surface area contributed by atoms with Crippen molar-refractivity contribution in [2.24, 2.45) is 10.9 Å². The second-order valence-corrected chi connectivity index (χ2v) is 5.99. The van der Waals surface area contributed by atoms with Gasteiger partial charge in [-0.2, -0.15) is 5.10 Å². The average Bonchev–Trinajstić information content (AvgIpc) is 3.05. The Kier molecular flexibility index (Phi) is 5.74. The number of nitrogens with zero attached hydrogens (tertiary/aromatic N) is 3. The van der Waals surface area contributed by atoms with Crippen LogP contribution in [0.2, 0.25) is 0 Å². The summed E-state index contributed by atoms with van der Waals surface area (Å²) in [6, 6.07) is 10.8. The van der Waals surface area contributed by atoms with Crippen molar-refractivity contribution in [3.63, 3.8) is 0 Å². The third kappa shape index (κ3) is 4.52. The standard InChI is InChI=1S/C18H23N5O/c19-22-12-15-11-20-13-21-18(15)23-16-6-7-17(10-16)24-9-8-14-4-2-1-3-5-14/h1-5,11-13,16-17H,6-10,19H2,(H,20,21,23)/b22-12-/t16-,17+/m0/s1. The van der Waals surface area contributed by atoms with Gasteiger partial charge in [0, 0.05) is 12.2 Å². The van der Waals surface area contributed by atoms with Gasteiger partial charge in [0.15, 0.2) is 0 Å². The fraction of sp³-hybridized carbons (Fsp3) is 0.389. The molecule has 0 amide bonds. The van der Waals surface area contributed by atoms with Gasteiger partial charge in [0.1, 0.15) is 12.1 Å². The summed E-state index contributed by atoms with van der Waals surface area (Å²) in [6.07, 6.45) is 9.17. The molecule has 1 heterocycles. The van der Waals surface area contributed by atoms with Crippen LogP contribution in [-0.4, -0.2) is 34.9 Å². The lowest BCUT2D eigenvalue weighted by atomic mass is 10.2. The summed E-state index contributed by atoms with van der Waals surface area (Å²) in [6.45, 7) is 0.764. The van der Waals surface area contributed by atoms with Gasteiger partial charge in [-0.15, -0.1) is 0 Å². The van der Waals surface area contributed by atoms with Gasteiger partial charge in [-0.3, -0.25) is 0 Å². The van der Waals surface area contributed by atoms with E-state index in [1.807, 2.05) is 6.07 Å². The van der Waals surface area contributed by atoms with Gasteiger partial charge in [-0.1, -0.05) is 30.3 Å². The average molecular weight is 325 g/mol. The minimum Gasteiger partial charge on any atom is -0.378 e. The topological polar surface area (TPSA) is 85.4 Å². The third-order valence-electron chi connectivity index (χ3n) is 4.27. The molecular weight excluding hydrogens is 302 g/mol. The molecule has 2 aromatic rings. The lowest BCUT2D eigenvalue weighted by molar-refractivity contribution is 0.0601. The van der Waals surface area contributed by atoms with Crippen molar-refractivity contribution in [3.8, 4) is 0 Å². The maximum Gasteiger partial charge on any atom is 0.138 e. The maximum absolute atomic E-state index is 6.03. The zero-order valence-electron chi connectivity index (χ0n) is 13.6. The Morgan fingerprint density at radius 3 is 3.00 bits per heavy atom. The van der Waals surface area contributed by atoms with Crippen molar-refractivity contribution in [1.82, 2.24) is 9.97 Å². The van der Waals surface area contributed by atoms with E-state index in [1.165, 1.54) is 11.9 Å². The minimum atomic E-state index is 0.305. The molecule has 1 aromatic carbocycles. The number of benzene rings is 1. The number of ether oxygens (including phenoxy) is 1. The summed E-state index contributed by atoms with van der Waals surface area (Å²) in [5.74, 6) is 6.00. The maximum atomic E-state index is 6.03. The van der Waals surface area contributed by atoms with Crippen LogP contribution in [0.1, 0.15) is 30.4 Å². The number of hydrazone groups is 1. The van der Waals surface area contributed by atoms with E-state index in [0.29, 0.717) is 12.1 Å². The Morgan fingerprint density at radius 1 is 1.29 bits per heavy atom. The predicted molar refractivity (Wildman–Crippen MR) is 95.0 cm³/mol. The van der Waals surface area contributed by atoms with Crippen LogP contribution in [0.4, 0.5) is 5.82 Å². The van der Waals surface area contributed by atoms with Gasteiger partial charge < -0.3 is 15.9 Å². The van der Waals surface area contributed by atoms with E-state index in [4.69, 9.17) is 10.6 Å². The van der Waals surface area contributed by atoms with Crippen LogP contribution in [0, 0.1) is 0 Å². The smallest absolute Gasteiger partial charge is 0.138 e. The molecule has 24 heavy (non-hydrogen) atoms. The summed E-state index contributed by atoms with van der Waals surface area (Å²) in [5.41, 5.74) is 2.12. The van der Waals surface area contributed by atoms with E-state index in [-0.39, 0.29) is 0 Å². The number of anilines is 1. The molecule has 0 bridgehead atoms. The molecule has 3 N–H and O–H groups in total. The Bertz CT molecular complexity index is 661. The molecule has 0 aliphatic heterocycles. The SMILES string of the molecule is N/N=C\c1cncnc1N[C@H]1CC[C@@H](OCCc2ccccc2)C1. The van der Waals surface area contributed by atoms with Crippen LogP contribution < -0.4 is 11.2 Å². The molecule has 0 saturated heterocycles. The lowest BCUT2D eigenvalue weighted by Crippen LogP contribution is -2.20. The summed E-state index contributed by atoms with van der Waals surface area (Å²) in [4.78, 5) is 8.28. The van der Waals surface area contributed by atoms with Crippen LogP contribution >= 0.6 is 0 Å². The molecule has 1 saturated carbocycles. The van der Waals surface area contributed by atoms with Crippen molar-refractivity contribution >= 4 is 12.0 Å². The van der Waals surface area contributed by atoms with Gasteiger partial charge in [0.05, 0.1) is 24.5 Å². The van der Waals surface area contributed by atoms with E-state index in [2.05, 4.69) is 44.7 Å². The number of hydrogen-bond donors (Lipinski definition) is 2. The van der Waals surface area contributed by atoms with Crippen molar-refractivity contribution in [2.45, 2.75) is 37.8 Å². The first-order valence-electron chi connectivity index (χ1n) is 8.30. The molecule has 1 aromatic heterocycles. The predicted octanol–water partition coefficient (Wildman–Crippen LogP) is 2.36. The zero-order valence-corrected chi connectivity index (χ0v) is 13.6. The van der Waals surface area contributed by atoms with Crippen molar-refractivity contribution in [3.05, 3.63) is 54.0 Å². The first-order chi connectivity index (χ1) is 11.8. The van der Waals surface area contributed by atoms with E-state index < -0.39 is 0 Å². The summed E-state index contributed by atoms with van der Waals surface area (Å²) < 4.78 is 6.03. The number of nitrogens with one attached hydrogen (secondary N) is 1. The van der Waals surface area contributed by atoms with Gasteiger partial charge in [-0.25, -0.2) is 9.97 Å². The summed E-state index contributed by atoms with van der Waals surface area (Å²) in [7, 11) is 0. The first-order valence-corrected chi connectivity index (χ1v) is 8.30. The number of hydrogen-bond acceptors (Lipinski definition) is 6. The Balaban J connectivity index is 1.46. The van der Waals surface area contributed by atoms with E-state index >= 15 is 0 Å². The molecule has 0 radical (unpaired) electrons. The molecule has 6 heteroatoms. The van der Waals surface area contributed by atoms with E-state index in [0.717, 1.165) is 43.7 Å². The highest BCUT2D eigenvalue weighted by atomic mass is 16.5. The highest BCUT2D eigenvalue weighted by molar-refractivity contribution is 5.85. The minimum absolute atomic E-state index is 0.305. The van der Waals surface area contributed by atoms with Gasteiger partial charge in [0.2, 0.25) is 0 Å². The van der Waals surface area contributed by atoms with Crippen LogP contribution in [0.5, 0.6) is 0 Å². The molecule has 3 rings (SSSR count). The second kappa shape index (κ2) is 8.40. The second-order valence-electron chi connectivity index (χ2n) is 5.99. The summed E-state index contributed by atoms with van der Waals surface area (Å²) in [5, 5.41) is 7.01. The monoisotopic (exact) mass is 325 g/mol. The number of nitrogens with two attached hydrogens (primary N) is 1. The zero-order chi connectivity index (χ0) is 16.6. The molecule has 0 unspecified atom stereocenters. The van der Waals surface area contributed by atoms with Crippen molar-refractivity contribution in [1.29, 1.82) is 0 Å². The Labute approximate surface area is 142 Å². The summed E-state index contributed by atoms with van der Waals surface area (Å²) >= 11 is 0. The number of aromatic nitrogens is 2. The largest absolute Gasteiger partial charge is 0.378 e. The van der Waals surface area contributed by atoms with Gasteiger partial charge in [-0.05, 0) is 31.2 Å². The van der Waals surface area contributed by atoms with E-state index in [9.17, 15) is 0 Å². The molecule has 126 valence electrons. The molecule has 1 aliphatic rings. The molecular formula is C18H23N5O. The van der Waals surface area contributed by atoms with Crippen molar-refractivity contribution < 1.29 is 4.74 Å². The highest BCUT2D eigenvalue weighted by Crippen LogP contribution is 2.25. The molecule has 0 spiro atoms. The number of rotatable bonds is 7. The fourth-order valence-corrected chi connectivity index (χ4v) is 3.04. The molecule has 6 nitrogen and oxygen atoms in total. The lowest BCUT2D eigenvalue weighted by Gasteiger charge is -2.15. The van der Waals surface area contributed by atoms with Gasteiger partial charge >= 0.3 is 0 Å². The van der Waals surface area contributed by atoms with Crippen LogP contribution in [0.3, 0.4) is 0 Å². The fourth-order valence-electron chi connectivity index (χ4n) is 3.04. The normalized spacial score (nSPS) is 20.5. The van der Waals surface area contributed by atoms with Crippen LogP contribution in [0.15, 0.2) is 48.0 Å². The molecule has 1 fully saturated rings. The highest BCUT2D eigenvalue weighted by Gasteiger charge is 2.25. The van der Waals surface area contributed by atoms with E-state index in [1.54, 1.807) is 12.4 Å². The third-order valence-corrected chi connectivity index (χ3v) is 4.27. The Hall–Kier alpha value is -2.47. The Morgan fingerprint density at radius 2 is 2.17 bits per heavy atom. The van der Waals surface area contributed by atoms with Crippen molar-refractivity contribution in [2.75, 3.05) is 11.9 Å².